The summed E-state index contributed by atoms with van der Waals surface area (Å²) in [4.78, 5) is 60.5. The molecule has 2 atom stereocenters. The average molecular weight is 696 g/mol. The Labute approximate surface area is 285 Å². The molecule has 2 saturated heterocycles. The van der Waals surface area contributed by atoms with Crippen LogP contribution in [0.2, 0.25) is 10.0 Å². The highest BCUT2D eigenvalue weighted by Crippen LogP contribution is 2.24. The highest BCUT2D eigenvalue weighted by Gasteiger charge is 2.43. The van der Waals surface area contributed by atoms with E-state index in [2.05, 4.69) is 4.90 Å². The van der Waals surface area contributed by atoms with Crippen molar-refractivity contribution in [3.05, 3.63) is 69.7 Å². The topological polar surface area (TPSA) is 99.7 Å². The number of carbonyl (C=O) groups excluding carboxylic acids is 4. The van der Waals surface area contributed by atoms with Crippen LogP contribution in [-0.4, -0.2) is 120 Å². The van der Waals surface area contributed by atoms with Crippen LogP contribution in [0.3, 0.4) is 0 Å². The summed E-state index contributed by atoms with van der Waals surface area (Å²) in [5, 5.41) is 1.17. The van der Waals surface area contributed by atoms with E-state index >= 15 is 0 Å². The number of morpholine rings is 1. The molecule has 0 saturated carbocycles. The van der Waals surface area contributed by atoms with E-state index in [0.717, 1.165) is 30.8 Å². The van der Waals surface area contributed by atoms with Gasteiger partial charge in [0.25, 0.3) is 0 Å². The number of amides is 3. The van der Waals surface area contributed by atoms with Gasteiger partial charge in [0.2, 0.25) is 17.7 Å². The molecule has 46 heavy (non-hydrogen) atoms. The largest absolute Gasteiger partial charge is 0.465 e. The third-order valence-electron chi connectivity index (χ3n) is 8.13. The molecule has 2 aliphatic heterocycles. The molecule has 10 nitrogen and oxygen atoms in total. The fraction of sp³-hybridized carbons (Fsp3) is 0.515. The van der Waals surface area contributed by atoms with Crippen molar-refractivity contribution in [3.8, 4) is 0 Å². The molecule has 0 radical (unpaired) electrons. The van der Waals surface area contributed by atoms with Gasteiger partial charge in [0.15, 0.2) is 0 Å². The van der Waals surface area contributed by atoms with Crippen LogP contribution in [0.4, 0.5) is 0 Å². The molecule has 2 aromatic carbocycles. The van der Waals surface area contributed by atoms with E-state index < -0.39 is 29.3 Å². The van der Waals surface area contributed by atoms with Crippen molar-refractivity contribution in [1.82, 2.24) is 19.6 Å². The monoisotopic (exact) mass is 694 g/mol. The molecular formula is C33H41Cl3N4O6. The molecule has 250 valence electrons. The Morgan fingerprint density at radius 1 is 0.978 bits per heavy atom. The lowest BCUT2D eigenvalue weighted by Gasteiger charge is -2.42. The molecule has 0 N–H and O–H groups in total. The maximum atomic E-state index is 14.1. The second-order valence-corrected chi connectivity index (χ2v) is 12.7. The van der Waals surface area contributed by atoms with Gasteiger partial charge in [-0.3, -0.25) is 24.1 Å². The van der Waals surface area contributed by atoms with E-state index in [4.69, 9.17) is 44.3 Å². The molecule has 0 spiro atoms. The predicted molar refractivity (Wildman–Crippen MR) is 177 cm³/mol. The van der Waals surface area contributed by atoms with E-state index in [9.17, 15) is 19.2 Å². The Balaban J connectivity index is 1.51. The van der Waals surface area contributed by atoms with Crippen molar-refractivity contribution in [2.75, 3.05) is 65.6 Å². The first kappa shape index (κ1) is 36.0. The number of nitrogens with zero attached hydrogens (tertiary/aromatic N) is 4. The van der Waals surface area contributed by atoms with Crippen LogP contribution in [0, 0.1) is 0 Å². The fourth-order valence-corrected chi connectivity index (χ4v) is 6.20. The number of halogens is 3. The quantitative estimate of drug-likeness (QED) is 0.159. The van der Waals surface area contributed by atoms with Crippen LogP contribution >= 0.6 is 34.8 Å². The molecule has 0 bridgehead atoms. The highest BCUT2D eigenvalue weighted by molar-refractivity contribution is 6.30. The number of esters is 1. The third kappa shape index (κ3) is 10.6. The zero-order chi connectivity index (χ0) is 33.1. The van der Waals surface area contributed by atoms with Gasteiger partial charge in [-0.2, -0.15) is 0 Å². The Kier molecular flexibility index (Phi) is 14.0. The lowest BCUT2D eigenvalue weighted by atomic mass is 10.0. The van der Waals surface area contributed by atoms with Crippen LogP contribution in [0.15, 0.2) is 48.5 Å². The van der Waals surface area contributed by atoms with Gasteiger partial charge < -0.3 is 24.2 Å². The number of ether oxygens (including phenoxy) is 2. The third-order valence-corrected chi connectivity index (χ3v) is 9.03. The minimum absolute atomic E-state index is 0.171. The summed E-state index contributed by atoms with van der Waals surface area (Å²) in [7, 11) is 0. The summed E-state index contributed by atoms with van der Waals surface area (Å²) in [5.74, 6) is -1.66. The SMILES string of the molecule is CCOC(=O)CN(CCc1ccc(Cl)cc1)C(=O)CC1C(=O)N(C(Cl)Cc2ccc(Cl)cc2)CC(=O)N1CCCN1CCOCC1. The van der Waals surface area contributed by atoms with Crippen LogP contribution in [-0.2, 0) is 41.5 Å². The van der Waals surface area contributed by atoms with Crippen molar-refractivity contribution < 1.29 is 28.7 Å². The van der Waals surface area contributed by atoms with E-state index in [1.807, 2.05) is 24.3 Å². The van der Waals surface area contributed by atoms with E-state index in [0.29, 0.717) is 49.1 Å². The second-order valence-electron chi connectivity index (χ2n) is 11.3. The summed E-state index contributed by atoms with van der Waals surface area (Å²) in [6, 6.07) is 13.3. The Morgan fingerprint density at radius 2 is 1.61 bits per heavy atom. The smallest absolute Gasteiger partial charge is 0.325 e. The fourth-order valence-electron chi connectivity index (χ4n) is 5.61. The van der Waals surface area contributed by atoms with Gasteiger partial charge in [-0.05, 0) is 55.2 Å². The van der Waals surface area contributed by atoms with E-state index in [1.165, 1.54) is 14.7 Å². The molecule has 3 amide bonds. The van der Waals surface area contributed by atoms with Gasteiger partial charge in [0.1, 0.15) is 24.6 Å². The van der Waals surface area contributed by atoms with Gasteiger partial charge in [0.05, 0.1) is 26.2 Å². The summed E-state index contributed by atoms with van der Waals surface area (Å²) >= 11 is 18.8. The standard InChI is InChI=1S/C33H41Cl3N4O6/c1-2-46-32(43)23-38(15-12-24-4-8-26(34)9-5-24)30(41)21-28-33(44)40(29(36)20-25-6-10-27(35)11-7-25)22-31(42)39(28)14-3-13-37-16-18-45-19-17-37/h4-11,28-29H,2-3,12-23H2,1H3. The number of rotatable bonds is 15. The number of hydrogen-bond acceptors (Lipinski definition) is 7. The number of hydrogen-bond donors (Lipinski definition) is 0. The average Bonchev–Trinajstić information content (AvgIpc) is 3.04. The number of piperazine rings is 1. The first-order chi connectivity index (χ1) is 22.1. The predicted octanol–water partition coefficient (Wildman–Crippen LogP) is 3.89. The molecule has 13 heteroatoms. The van der Waals surface area contributed by atoms with Gasteiger partial charge in [-0.25, -0.2) is 0 Å². The van der Waals surface area contributed by atoms with Crippen LogP contribution in [0.1, 0.15) is 30.9 Å². The first-order valence-electron chi connectivity index (χ1n) is 15.6. The van der Waals surface area contributed by atoms with Crippen molar-refractivity contribution in [2.45, 2.75) is 44.1 Å². The maximum Gasteiger partial charge on any atom is 0.325 e. The second kappa shape index (κ2) is 17.9. The van der Waals surface area contributed by atoms with Crippen LogP contribution in [0.25, 0.3) is 0 Å². The summed E-state index contributed by atoms with van der Waals surface area (Å²) in [6.07, 6.45) is 1.09. The highest BCUT2D eigenvalue weighted by atomic mass is 35.5. The van der Waals surface area contributed by atoms with Gasteiger partial charge in [-0.15, -0.1) is 0 Å². The van der Waals surface area contributed by atoms with Crippen LogP contribution < -0.4 is 0 Å². The maximum absolute atomic E-state index is 14.1. The molecule has 2 unspecified atom stereocenters. The van der Waals surface area contributed by atoms with Gasteiger partial charge in [0, 0.05) is 49.2 Å². The zero-order valence-corrected chi connectivity index (χ0v) is 28.3. The Bertz CT molecular complexity index is 1320. The normalized spacial score (nSPS) is 18.0. The number of carbonyl (C=O) groups is 4. The summed E-state index contributed by atoms with van der Waals surface area (Å²) < 4.78 is 10.6. The molecule has 2 aliphatic rings. The molecular weight excluding hydrogens is 655 g/mol. The van der Waals surface area contributed by atoms with E-state index in [-0.39, 0.29) is 38.6 Å². The van der Waals surface area contributed by atoms with Crippen LogP contribution in [0.5, 0.6) is 0 Å². The zero-order valence-electron chi connectivity index (χ0n) is 26.0. The van der Waals surface area contributed by atoms with Crippen molar-refractivity contribution in [1.29, 1.82) is 0 Å². The lowest BCUT2D eigenvalue weighted by Crippen LogP contribution is -2.63. The Morgan fingerprint density at radius 3 is 2.24 bits per heavy atom. The molecule has 0 aliphatic carbocycles. The van der Waals surface area contributed by atoms with Gasteiger partial charge >= 0.3 is 5.97 Å². The van der Waals surface area contributed by atoms with Gasteiger partial charge in [-0.1, -0.05) is 59.1 Å². The first-order valence-corrected chi connectivity index (χ1v) is 16.8. The number of benzene rings is 2. The van der Waals surface area contributed by atoms with Crippen molar-refractivity contribution in [2.24, 2.45) is 0 Å². The summed E-state index contributed by atoms with van der Waals surface area (Å²) in [6.45, 7) is 5.57. The van der Waals surface area contributed by atoms with Crippen molar-refractivity contribution >= 4 is 58.5 Å². The molecule has 2 heterocycles. The minimum Gasteiger partial charge on any atom is -0.465 e. The molecule has 2 fully saturated rings. The minimum atomic E-state index is -1.06. The molecule has 2 aromatic rings. The number of alkyl halides is 1. The van der Waals surface area contributed by atoms with E-state index in [1.54, 1.807) is 31.2 Å². The van der Waals surface area contributed by atoms with Crippen molar-refractivity contribution in [3.63, 3.8) is 0 Å². The summed E-state index contributed by atoms with van der Waals surface area (Å²) in [5.41, 5.74) is 0.970. The molecule has 0 aromatic heterocycles. The molecule has 4 rings (SSSR count). The Hall–Kier alpha value is -2.89. The lowest BCUT2D eigenvalue weighted by molar-refractivity contribution is -0.159.